The molecule has 0 atom stereocenters. The molecule has 1 heterocycles. The van der Waals surface area contributed by atoms with Crippen molar-refractivity contribution in [3.05, 3.63) is 18.0 Å². The average Bonchev–Trinajstić information content (AvgIpc) is 2.48. The summed E-state index contributed by atoms with van der Waals surface area (Å²) in [4.78, 5) is 0. The molecule has 2 nitrogen and oxygen atoms in total. The van der Waals surface area contributed by atoms with Crippen molar-refractivity contribution in [3.63, 3.8) is 0 Å². The fraction of sp³-hybridized carbons (Fsp3) is 0.444. The van der Waals surface area contributed by atoms with Crippen LogP contribution in [-0.2, 0) is 13.0 Å². The Morgan fingerprint density at radius 2 is 2.45 bits per heavy atom. The molecule has 58 valence electrons. The van der Waals surface area contributed by atoms with Gasteiger partial charge in [0.25, 0.3) is 0 Å². The van der Waals surface area contributed by atoms with Gasteiger partial charge in [-0.1, -0.05) is 12.8 Å². The maximum atomic E-state index is 4.14. The van der Waals surface area contributed by atoms with Gasteiger partial charge in [-0.2, -0.15) is 5.10 Å². The van der Waals surface area contributed by atoms with Gasteiger partial charge >= 0.3 is 0 Å². The van der Waals surface area contributed by atoms with E-state index in [1.54, 1.807) is 0 Å². The molecular weight excluding hydrogens is 136 g/mol. The van der Waals surface area contributed by atoms with Crippen molar-refractivity contribution in [1.82, 2.24) is 9.78 Å². The minimum atomic E-state index is 0.705. The number of nitrogens with zero attached hydrogens (tertiary/aromatic N) is 2. The third-order valence-corrected chi connectivity index (χ3v) is 1.51. The summed E-state index contributed by atoms with van der Waals surface area (Å²) in [6.45, 7) is 4.66. The van der Waals surface area contributed by atoms with E-state index >= 15 is 0 Å². The van der Waals surface area contributed by atoms with Crippen LogP contribution in [0.15, 0.2) is 12.4 Å². The normalized spacial score (nSPS) is 8.91. The van der Waals surface area contributed by atoms with Gasteiger partial charge < -0.3 is 0 Å². The zero-order valence-corrected chi connectivity index (χ0v) is 6.96. The Morgan fingerprint density at radius 1 is 1.64 bits per heavy atom. The van der Waals surface area contributed by atoms with Crippen molar-refractivity contribution in [3.8, 4) is 11.8 Å². The molecule has 0 fully saturated rings. The standard InChI is InChI=1S/C9H12N2/c1-3-5-6-11-8-9(4-2)7-10-11/h7-8H,4,6H2,1-2H3. The molecule has 11 heavy (non-hydrogen) atoms. The highest BCUT2D eigenvalue weighted by molar-refractivity contribution is 5.05. The molecule has 0 aliphatic carbocycles. The van der Waals surface area contributed by atoms with Crippen LogP contribution in [0.5, 0.6) is 0 Å². The van der Waals surface area contributed by atoms with E-state index < -0.39 is 0 Å². The maximum Gasteiger partial charge on any atom is 0.102 e. The lowest BCUT2D eigenvalue weighted by atomic mass is 10.3. The first-order valence-corrected chi connectivity index (χ1v) is 3.77. The molecule has 0 aliphatic heterocycles. The van der Waals surface area contributed by atoms with Gasteiger partial charge in [0.05, 0.1) is 6.20 Å². The monoisotopic (exact) mass is 148 g/mol. The van der Waals surface area contributed by atoms with E-state index in [9.17, 15) is 0 Å². The Hall–Kier alpha value is -1.23. The Morgan fingerprint density at radius 3 is 3.00 bits per heavy atom. The predicted molar refractivity (Wildman–Crippen MR) is 45.1 cm³/mol. The molecular formula is C9H12N2. The highest BCUT2D eigenvalue weighted by atomic mass is 15.3. The van der Waals surface area contributed by atoms with E-state index in [2.05, 4.69) is 23.9 Å². The summed E-state index contributed by atoms with van der Waals surface area (Å²) < 4.78 is 1.86. The first-order chi connectivity index (χ1) is 5.36. The van der Waals surface area contributed by atoms with Gasteiger partial charge in [-0.05, 0) is 18.9 Å². The second-order valence-corrected chi connectivity index (χ2v) is 2.33. The van der Waals surface area contributed by atoms with E-state index in [0.717, 1.165) is 6.42 Å². The fourth-order valence-electron chi connectivity index (χ4n) is 0.835. The van der Waals surface area contributed by atoms with E-state index in [1.807, 2.05) is 24.0 Å². The van der Waals surface area contributed by atoms with E-state index in [-0.39, 0.29) is 0 Å². The second-order valence-electron chi connectivity index (χ2n) is 2.33. The molecule has 0 saturated heterocycles. The molecule has 0 bridgehead atoms. The van der Waals surface area contributed by atoms with E-state index in [4.69, 9.17) is 0 Å². The molecule has 0 unspecified atom stereocenters. The summed E-state index contributed by atoms with van der Waals surface area (Å²) in [5.41, 5.74) is 1.27. The van der Waals surface area contributed by atoms with Crippen LogP contribution in [0.4, 0.5) is 0 Å². The minimum absolute atomic E-state index is 0.705. The Balaban J connectivity index is 2.62. The van der Waals surface area contributed by atoms with Crippen LogP contribution in [0.25, 0.3) is 0 Å². The lowest BCUT2D eigenvalue weighted by Gasteiger charge is -1.89. The fourth-order valence-corrected chi connectivity index (χ4v) is 0.835. The van der Waals surface area contributed by atoms with E-state index in [1.165, 1.54) is 5.56 Å². The molecule has 1 aromatic heterocycles. The van der Waals surface area contributed by atoms with Crippen molar-refractivity contribution >= 4 is 0 Å². The van der Waals surface area contributed by atoms with Crippen LogP contribution < -0.4 is 0 Å². The van der Waals surface area contributed by atoms with Gasteiger partial charge in [-0.3, -0.25) is 4.68 Å². The average molecular weight is 148 g/mol. The lowest BCUT2D eigenvalue weighted by molar-refractivity contribution is 0.714. The minimum Gasteiger partial charge on any atom is -0.260 e. The molecule has 0 aliphatic rings. The molecule has 0 N–H and O–H groups in total. The number of hydrogen-bond donors (Lipinski definition) is 0. The van der Waals surface area contributed by atoms with Gasteiger partial charge in [-0.25, -0.2) is 0 Å². The largest absolute Gasteiger partial charge is 0.260 e. The quantitative estimate of drug-likeness (QED) is 0.581. The molecule has 0 amide bonds. The zero-order valence-electron chi connectivity index (χ0n) is 6.96. The number of aromatic nitrogens is 2. The molecule has 0 saturated carbocycles. The second kappa shape index (κ2) is 3.82. The van der Waals surface area contributed by atoms with Gasteiger partial charge in [0.1, 0.15) is 6.54 Å². The maximum absolute atomic E-state index is 4.14. The highest BCUT2D eigenvalue weighted by Crippen LogP contribution is 1.96. The highest BCUT2D eigenvalue weighted by Gasteiger charge is 1.92. The van der Waals surface area contributed by atoms with Gasteiger partial charge in [0.15, 0.2) is 0 Å². The van der Waals surface area contributed by atoms with Crippen molar-refractivity contribution < 1.29 is 0 Å². The predicted octanol–water partition coefficient (Wildman–Crippen LogP) is 1.47. The van der Waals surface area contributed by atoms with Crippen molar-refractivity contribution in [2.75, 3.05) is 0 Å². The van der Waals surface area contributed by atoms with E-state index in [0.29, 0.717) is 6.54 Å². The van der Waals surface area contributed by atoms with Gasteiger partial charge in [0, 0.05) is 6.20 Å². The number of hydrogen-bond acceptors (Lipinski definition) is 1. The van der Waals surface area contributed by atoms with Crippen LogP contribution in [0.3, 0.4) is 0 Å². The molecule has 0 radical (unpaired) electrons. The van der Waals surface area contributed by atoms with Crippen LogP contribution in [0, 0.1) is 11.8 Å². The van der Waals surface area contributed by atoms with Crippen molar-refractivity contribution in [2.45, 2.75) is 26.8 Å². The summed E-state index contributed by atoms with van der Waals surface area (Å²) in [6.07, 6.45) is 4.96. The van der Waals surface area contributed by atoms with Crippen LogP contribution >= 0.6 is 0 Å². The molecule has 1 rings (SSSR count). The number of aryl methyl sites for hydroxylation is 1. The van der Waals surface area contributed by atoms with Crippen molar-refractivity contribution in [1.29, 1.82) is 0 Å². The zero-order chi connectivity index (χ0) is 8.10. The summed E-state index contributed by atoms with van der Waals surface area (Å²) in [5, 5.41) is 4.14. The Bertz CT molecular complexity index is 275. The first-order valence-electron chi connectivity index (χ1n) is 3.77. The Kier molecular flexibility index (Phi) is 2.74. The molecule has 2 heteroatoms. The molecule has 1 aromatic rings. The molecule has 0 aromatic carbocycles. The summed E-state index contributed by atoms with van der Waals surface area (Å²) in [6, 6.07) is 0. The first kappa shape index (κ1) is 7.87. The third-order valence-electron chi connectivity index (χ3n) is 1.51. The Labute approximate surface area is 67.2 Å². The molecule has 0 spiro atoms. The summed E-state index contributed by atoms with van der Waals surface area (Å²) in [7, 11) is 0. The van der Waals surface area contributed by atoms with Crippen LogP contribution in [-0.4, -0.2) is 9.78 Å². The summed E-state index contributed by atoms with van der Waals surface area (Å²) >= 11 is 0. The lowest BCUT2D eigenvalue weighted by Crippen LogP contribution is -1.94. The van der Waals surface area contributed by atoms with Gasteiger partial charge in [-0.15, -0.1) is 5.92 Å². The summed E-state index contributed by atoms with van der Waals surface area (Å²) in [5.74, 6) is 5.79. The smallest absolute Gasteiger partial charge is 0.102 e. The topological polar surface area (TPSA) is 17.8 Å². The van der Waals surface area contributed by atoms with Gasteiger partial charge in [0.2, 0.25) is 0 Å². The SMILES string of the molecule is CC#CCn1cc(CC)cn1. The number of rotatable bonds is 2. The third kappa shape index (κ3) is 2.12. The van der Waals surface area contributed by atoms with Crippen LogP contribution in [0.1, 0.15) is 19.4 Å². The van der Waals surface area contributed by atoms with Crippen LogP contribution in [0.2, 0.25) is 0 Å². The van der Waals surface area contributed by atoms with Crippen molar-refractivity contribution in [2.24, 2.45) is 0 Å².